The van der Waals surface area contributed by atoms with E-state index in [9.17, 15) is 19.5 Å². The molecule has 1 rings (SSSR count). The van der Waals surface area contributed by atoms with Crippen LogP contribution in [0.4, 0.5) is 4.79 Å². The second-order valence-electron chi connectivity index (χ2n) is 10.9. The highest BCUT2D eigenvalue weighted by molar-refractivity contribution is 5.92. The highest BCUT2D eigenvalue weighted by Gasteiger charge is 2.34. The third-order valence-electron chi connectivity index (χ3n) is 6.02. The molecule has 0 aliphatic heterocycles. The fourth-order valence-corrected chi connectivity index (χ4v) is 4.18. The van der Waals surface area contributed by atoms with Gasteiger partial charge in [-0.25, -0.2) is 4.79 Å². The van der Waals surface area contributed by atoms with Gasteiger partial charge in [0, 0.05) is 12.6 Å². The quantitative estimate of drug-likeness (QED) is 0.252. The molecule has 0 saturated carbocycles. The van der Waals surface area contributed by atoms with Gasteiger partial charge in [-0.2, -0.15) is 0 Å². The standard InChI is InChI=1S/C29H49N3O5/c1-8-10-11-12-13-14-20-32(27(35)22(4)31-28(36)37-29(5,6)7)25(23-16-18-24(33)19-17-23)26(34)30-21(3)15-9-2/h16-19,21-22,25,33H,8-15,20H2,1-7H3,(H,30,34)(H,31,36). The molecule has 0 fully saturated rings. The molecular formula is C29H49N3O5. The first-order valence-corrected chi connectivity index (χ1v) is 13.8. The Morgan fingerprint density at radius 3 is 2.08 bits per heavy atom. The summed E-state index contributed by atoms with van der Waals surface area (Å²) in [7, 11) is 0. The molecule has 0 radical (unpaired) electrons. The summed E-state index contributed by atoms with van der Waals surface area (Å²) < 4.78 is 5.33. The van der Waals surface area contributed by atoms with Crippen LogP contribution < -0.4 is 10.6 Å². The van der Waals surface area contributed by atoms with E-state index in [0.29, 0.717) is 12.1 Å². The van der Waals surface area contributed by atoms with E-state index in [4.69, 9.17) is 4.74 Å². The first-order valence-electron chi connectivity index (χ1n) is 13.8. The lowest BCUT2D eigenvalue weighted by Crippen LogP contribution is -2.52. The van der Waals surface area contributed by atoms with E-state index >= 15 is 0 Å². The van der Waals surface area contributed by atoms with Crippen LogP contribution in [-0.2, 0) is 14.3 Å². The molecule has 8 heteroatoms. The van der Waals surface area contributed by atoms with Gasteiger partial charge in [-0.1, -0.05) is 64.5 Å². The molecule has 3 N–H and O–H groups in total. The van der Waals surface area contributed by atoms with Crippen molar-refractivity contribution in [2.45, 2.75) is 124 Å². The predicted molar refractivity (Wildman–Crippen MR) is 147 cm³/mol. The normalized spacial score (nSPS) is 13.8. The lowest BCUT2D eigenvalue weighted by molar-refractivity contribution is -0.142. The van der Waals surface area contributed by atoms with Crippen LogP contribution in [0, 0.1) is 0 Å². The number of phenols is 1. The number of amides is 3. The number of benzene rings is 1. The van der Waals surface area contributed by atoms with Gasteiger partial charge in [-0.15, -0.1) is 0 Å². The average molecular weight is 520 g/mol. The lowest BCUT2D eigenvalue weighted by atomic mass is 10.0. The molecule has 210 valence electrons. The molecule has 0 saturated heterocycles. The van der Waals surface area contributed by atoms with Crippen molar-refractivity contribution in [3.05, 3.63) is 29.8 Å². The van der Waals surface area contributed by atoms with Crippen molar-refractivity contribution >= 4 is 17.9 Å². The van der Waals surface area contributed by atoms with Crippen LogP contribution in [0.1, 0.15) is 111 Å². The molecule has 1 aromatic carbocycles. The zero-order valence-corrected chi connectivity index (χ0v) is 23.9. The maximum Gasteiger partial charge on any atom is 0.408 e. The smallest absolute Gasteiger partial charge is 0.408 e. The van der Waals surface area contributed by atoms with Crippen molar-refractivity contribution in [2.75, 3.05) is 6.54 Å². The summed E-state index contributed by atoms with van der Waals surface area (Å²) in [6.45, 7) is 13.4. The molecule has 0 aliphatic carbocycles. The summed E-state index contributed by atoms with van der Waals surface area (Å²) in [5.74, 6) is -0.567. The second-order valence-corrected chi connectivity index (χ2v) is 10.9. The van der Waals surface area contributed by atoms with Gasteiger partial charge in [-0.05, 0) is 65.2 Å². The topological polar surface area (TPSA) is 108 Å². The van der Waals surface area contributed by atoms with Gasteiger partial charge in [0.05, 0.1) is 0 Å². The van der Waals surface area contributed by atoms with E-state index in [0.717, 1.165) is 44.9 Å². The third kappa shape index (κ3) is 12.3. The van der Waals surface area contributed by atoms with Crippen molar-refractivity contribution in [1.29, 1.82) is 0 Å². The van der Waals surface area contributed by atoms with E-state index in [1.54, 1.807) is 44.7 Å². The lowest BCUT2D eigenvalue weighted by Gasteiger charge is -2.34. The number of ether oxygens (including phenoxy) is 1. The van der Waals surface area contributed by atoms with Gasteiger partial charge >= 0.3 is 6.09 Å². The molecule has 3 atom stereocenters. The van der Waals surface area contributed by atoms with Gasteiger partial charge in [0.15, 0.2) is 0 Å². The Labute approximate surface area is 223 Å². The largest absolute Gasteiger partial charge is 0.508 e. The monoisotopic (exact) mass is 519 g/mol. The van der Waals surface area contributed by atoms with Gasteiger partial charge < -0.3 is 25.4 Å². The maximum absolute atomic E-state index is 13.7. The summed E-state index contributed by atoms with van der Waals surface area (Å²) in [4.78, 5) is 41.3. The highest BCUT2D eigenvalue weighted by Crippen LogP contribution is 2.26. The summed E-state index contributed by atoms with van der Waals surface area (Å²) in [5.41, 5.74) is -0.0997. The summed E-state index contributed by atoms with van der Waals surface area (Å²) >= 11 is 0. The van der Waals surface area contributed by atoms with Crippen LogP contribution in [0.15, 0.2) is 24.3 Å². The Balaban J connectivity index is 3.25. The van der Waals surface area contributed by atoms with Crippen LogP contribution in [0.5, 0.6) is 5.75 Å². The van der Waals surface area contributed by atoms with Crippen molar-refractivity contribution < 1.29 is 24.2 Å². The summed E-state index contributed by atoms with van der Waals surface area (Å²) in [6, 6.07) is 4.51. The molecule has 8 nitrogen and oxygen atoms in total. The van der Waals surface area contributed by atoms with Crippen molar-refractivity contribution in [1.82, 2.24) is 15.5 Å². The Morgan fingerprint density at radius 1 is 0.919 bits per heavy atom. The van der Waals surface area contributed by atoms with E-state index in [2.05, 4.69) is 24.5 Å². The van der Waals surface area contributed by atoms with E-state index < -0.39 is 23.8 Å². The second kappa shape index (κ2) is 16.2. The molecular weight excluding hydrogens is 470 g/mol. The zero-order chi connectivity index (χ0) is 28.0. The maximum atomic E-state index is 13.7. The minimum Gasteiger partial charge on any atom is -0.508 e. The molecule has 0 aliphatic rings. The van der Waals surface area contributed by atoms with Crippen molar-refractivity contribution in [3.8, 4) is 5.75 Å². The Kier molecular flexibility index (Phi) is 14.1. The Morgan fingerprint density at radius 2 is 1.51 bits per heavy atom. The Bertz CT molecular complexity index is 835. The number of hydrogen-bond acceptors (Lipinski definition) is 5. The van der Waals surface area contributed by atoms with Crippen molar-refractivity contribution in [2.24, 2.45) is 0 Å². The van der Waals surface area contributed by atoms with Gasteiger partial charge in [0.2, 0.25) is 11.8 Å². The number of carbonyl (C=O) groups is 3. The summed E-state index contributed by atoms with van der Waals surface area (Å²) in [6.07, 6.45) is 7.25. The SMILES string of the molecule is CCCCCCCCN(C(=O)C(C)NC(=O)OC(C)(C)C)C(C(=O)NC(C)CCC)c1ccc(O)cc1. The number of nitrogens with zero attached hydrogens (tertiary/aromatic N) is 1. The number of rotatable bonds is 15. The molecule has 0 aromatic heterocycles. The molecule has 1 aromatic rings. The van der Waals surface area contributed by atoms with Crippen LogP contribution >= 0.6 is 0 Å². The predicted octanol–water partition coefficient (Wildman–Crippen LogP) is 5.84. The first-order chi connectivity index (χ1) is 17.4. The average Bonchev–Trinajstić information content (AvgIpc) is 2.79. The molecule has 0 heterocycles. The fraction of sp³-hybridized carbons (Fsp3) is 0.690. The van der Waals surface area contributed by atoms with Gasteiger partial charge in [-0.3, -0.25) is 9.59 Å². The van der Waals surface area contributed by atoms with Gasteiger partial charge in [0.1, 0.15) is 23.4 Å². The number of aromatic hydroxyl groups is 1. The Hall–Kier alpha value is -2.77. The number of hydrogen-bond donors (Lipinski definition) is 3. The van der Waals surface area contributed by atoms with Crippen LogP contribution in [0.2, 0.25) is 0 Å². The third-order valence-corrected chi connectivity index (χ3v) is 6.02. The van der Waals surface area contributed by atoms with E-state index in [1.807, 2.05) is 6.92 Å². The molecule has 0 bridgehead atoms. The number of unbranched alkanes of at least 4 members (excludes halogenated alkanes) is 5. The van der Waals surface area contributed by atoms with E-state index in [1.165, 1.54) is 18.6 Å². The van der Waals surface area contributed by atoms with E-state index in [-0.39, 0.29) is 23.6 Å². The molecule has 3 unspecified atom stereocenters. The molecule has 0 spiro atoms. The van der Waals surface area contributed by atoms with Crippen molar-refractivity contribution in [3.63, 3.8) is 0 Å². The fourth-order valence-electron chi connectivity index (χ4n) is 4.18. The minimum absolute atomic E-state index is 0.0552. The summed E-state index contributed by atoms with van der Waals surface area (Å²) in [5, 5.41) is 15.5. The van der Waals surface area contributed by atoms with Crippen LogP contribution in [0.3, 0.4) is 0 Å². The highest BCUT2D eigenvalue weighted by atomic mass is 16.6. The van der Waals surface area contributed by atoms with Gasteiger partial charge in [0.25, 0.3) is 0 Å². The first kappa shape index (κ1) is 32.3. The number of alkyl carbamates (subject to hydrolysis) is 1. The number of phenolic OH excluding ortho intramolecular Hbond substituents is 1. The number of carbonyl (C=O) groups excluding carboxylic acids is 3. The minimum atomic E-state index is -0.897. The number of nitrogens with one attached hydrogen (secondary N) is 2. The van der Waals surface area contributed by atoms with Crippen LogP contribution in [0.25, 0.3) is 0 Å². The molecule has 37 heavy (non-hydrogen) atoms. The zero-order valence-electron chi connectivity index (χ0n) is 23.9. The molecule has 3 amide bonds. The van der Waals surface area contributed by atoms with Crippen LogP contribution in [-0.4, -0.2) is 52.1 Å².